The van der Waals surface area contributed by atoms with Gasteiger partial charge in [-0.25, -0.2) is 0 Å². The first kappa shape index (κ1) is 9.83. The summed E-state index contributed by atoms with van der Waals surface area (Å²) in [4.78, 5) is 12.5. The van der Waals surface area contributed by atoms with Gasteiger partial charge in [-0.2, -0.15) is 0 Å². The monoisotopic (exact) mass is 220 g/mol. The van der Waals surface area contributed by atoms with Crippen molar-refractivity contribution in [3.63, 3.8) is 0 Å². The van der Waals surface area contributed by atoms with Crippen molar-refractivity contribution in [2.45, 2.75) is 0 Å². The van der Waals surface area contributed by atoms with Gasteiger partial charge in [-0.15, -0.1) is 0 Å². The lowest BCUT2D eigenvalue weighted by Crippen LogP contribution is -2.13. The summed E-state index contributed by atoms with van der Waals surface area (Å²) in [5.41, 5.74) is 0. The van der Waals surface area contributed by atoms with Gasteiger partial charge in [0.05, 0.1) is 0 Å². The first-order valence-electron chi connectivity index (χ1n) is 2.41. The molecule has 0 bridgehead atoms. The van der Waals surface area contributed by atoms with Crippen LogP contribution in [-0.2, 0) is 0 Å². The number of hydrogen-bond donors (Lipinski definition) is 1. The van der Waals surface area contributed by atoms with E-state index in [0.717, 1.165) is 0 Å². The van der Waals surface area contributed by atoms with Crippen molar-refractivity contribution in [1.82, 2.24) is 0 Å². The van der Waals surface area contributed by atoms with E-state index >= 15 is 0 Å². The van der Waals surface area contributed by atoms with Crippen LogP contribution in [0.1, 0.15) is 0 Å². The zero-order valence-corrected chi connectivity index (χ0v) is 7.04. The Labute approximate surface area is 71.0 Å². The van der Waals surface area contributed by atoms with Crippen LogP contribution < -0.4 is 0 Å². The van der Waals surface area contributed by atoms with Gasteiger partial charge in [0.2, 0.25) is 10.4 Å². The summed E-state index contributed by atoms with van der Waals surface area (Å²) in [6.07, 6.45) is 0. The normalized spacial score (nSPS) is 10.8. The molecule has 0 unspecified atom stereocenters. The minimum atomic E-state index is -0.852. The number of aliphatic hydroxyl groups is 1. The zero-order chi connectivity index (χ0) is 9.02. The first-order valence-corrected chi connectivity index (χ1v) is 3.20. The predicted molar refractivity (Wildman–Crippen MR) is 44.3 cm³/mol. The fourth-order valence-electron chi connectivity index (χ4n) is 0.326. The van der Waals surface area contributed by atoms with Crippen LogP contribution in [0.4, 0.5) is 0 Å². The van der Waals surface area contributed by atoms with Gasteiger partial charge < -0.3 is 15.2 Å². The molecule has 0 heterocycles. The molecule has 0 aromatic carbocycles. The number of nitro groups is 1. The molecular weight excluding hydrogens is 216 g/mol. The lowest BCUT2D eigenvalue weighted by molar-refractivity contribution is -0.351. The summed E-state index contributed by atoms with van der Waals surface area (Å²) in [6.45, 7) is 6.18. The molecule has 0 spiro atoms. The Morgan fingerprint density at radius 1 is 1.64 bits per heavy atom. The Morgan fingerprint density at radius 3 is 2.18 bits per heavy atom. The van der Waals surface area contributed by atoms with Crippen LogP contribution in [0.3, 0.4) is 0 Å². The SMILES string of the molecule is C=C(Br)/N=C(\C(=C)O)[N+](=O)[O-]. The predicted octanol–water partition coefficient (Wildman–Crippen LogP) is 1.60. The molecule has 0 fully saturated rings. The summed E-state index contributed by atoms with van der Waals surface area (Å²) in [6, 6.07) is 0. The molecule has 0 aliphatic heterocycles. The average Bonchev–Trinajstić information content (AvgIpc) is 1.81. The van der Waals surface area contributed by atoms with Crippen LogP contribution in [0.15, 0.2) is 28.5 Å². The topological polar surface area (TPSA) is 75.7 Å². The summed E-state index contributed by atoms with van der Waals surface area (Å²) in [5, 5.41) is 18.7. The van der Waals surface area contributed by atoms with E-state index in [1.807, 2.05) is 0 Å². The standard InChI is InChI=1S/C5H5BrN2O3/c1-3(9)5(8(10)11)7-4(2)6/h9H,1-2H2/b7-5+. The fourth-order valence-corrected chi connectivity index (χ4v) is 0.494. The molecule has 0 amide bonds. The fraction of sp³-hybridized carbons (Fsp3) is 0. The second kappa shape index (κ2) is 3.87. The molecular formula is C5H5BrN2O3. The molecule has 0 aromatic rings. The van der Waals surface area contributed by atoms with Crippen molar-refractivity contribution in [2.24, 2.45) is 4.99 Å². The molecule has 11 heavy (non-hydrogen) atoms. The largest absolute Gasteiger partial charge is 0.501 e. The number of aliphatic imine (C=N–C) groups is 1. The van der Waals surface area contributed by atoms with Gasteiger partial charge in [0.15, 0.2) is 0 Å². The zero-order valence-electron chi connectivity index (χ0n) is 5.45. The van der Waals surface area contributed by atoms with Crippen molar-refractivity contribution in [3.8, 4) is 0 Å². The van der Waals surface area contributed by atoms with Crippen LogP contribution in [0.25, 0.3) is 0 Å². The number of hydrogen-bond acceptors (Lipinski definition) is 4. The number of aliphatic hydroxyl groups excluding tert-OH is 1. The lowest BCUT2D eigenvalue weighted by atomic mass is 10.5. The Kier molecular flexibility index (Phi) is 3.46. The molecule has 0 aromatic heterocycles. The highest BCUT2D eigenvalue weighted by atomic mass is 79.9. The second-order valence-electron chi connectivity index (χ2n) is 1.52. The van der Waals surface area contributed by atoms with Gasteiger partial charge in [-0.05, 0) is 23.1 Å². The molecule has 6 heteroatoms. The van der Waals surface area contributed by atoms with Gasteiger partial charge in [0, 0.05) is 15.9 Å². The van der Waals surface area contributed by atoms with Gasteiger partial charge in [-0.1, -0.05) is 0 Å². The minimum Gasteiger partial charge on any atom is -0.501 e. The average molecular weight is 221 g/mol. The van der Waals surface area contributed by atoms with Crippen molar-refractivity contribution in [3.05, 3.63) is 33.6 Å². The third-order valence-electron chi connectivity index (χ3n) is 0.658. The van der Waals surface area contributed by atoms with Crippen molar-refractivity contribution >= 4 is 21.8 Å². The number of nitrogens with zero attached hydrogens (tertiary/aromatic N) is 2. The molecule has 0 saturated heterocycles. The van der Waals surface area contributed by atoms with E-state index in [-0.39, 0.29) is 4.61 Å². The number of amidine groups is 1. The molecule has 0 aliphatic carbocycles. The van der Waals surface area contributed by atoms with Gasteiger partial charge in [0.25, 0.3) is 0 Å². The van der Waals surface area contributed by atoms with Gasteiger partial charge in [0.1, 0.15) is 0 Å². The van der Waals surface area contributed by atoms with E-state index in [2.05, 4.69) is 34.1 Å². The van der Waals surface area contributed by atoms with Gasteiger partial charge >= 0.3 is 5.84 Å². The van der Waals surface area contributed by atoms with E-state index in [0.29, 0.717) is 0 Å². The highest BCUT2D eigenvalue weighted by molar-refractivity contribution is 9.11. The van der Waals surface area contributed by atoms with Crippen molar-refractivity contribution in [1.29, 1.82) is 0 Å². The maximum absolute atomic E-state index is 10.1. The van der Waals surface area contributed by atoms with E-state index in [1.165, 1.54) is 0 Å². The molecule has 5 nitrogen and oxygen atoms in total. The van der Waals surface area contributed by atoms with E-state index < -0.39 is 16.5 Å². The van der Waals surface area contributed by atoms with E-state index in [9.17, 15) is 10.1 Å². The van der Waals surface area contributed by atoms with Crippen LogP contribution in [-0.4, -0.2) is 15.9 Å². The molecule has 0 aliphatic rings. The number of halogens is 1. The first-order chi connectivity index (χ1) is 4.95. The maximum Gasteiger partial charge on any atom is 0.406 e. The Hall–Kier alpha value is -1.17. The highest BCUT2D eigenvalue weighted by Gasteiger charge is 2.16. The lowest BCUT2D eigenvalue weighted by Gasteiger charge is -1.93. The highest BCUT2D eigenvalue weighted by Crippen LogP contribution is 2.05. The third kappa shape index (κ3) is 3.51. The van der Waals surface area contributed by atoms with E-state index in [1.54, 1.807) is 0 Å². The molecule has 0 atom stereocenters. The summed E-state index contributed by atoms with van der Waals surface area (Å²) in [5.74, 6) is -1.41. The summed E-state index contributed by atoms with van der Waals surface area (Å²) >= 11 is 2.77. The summed E-state index contributed by atoms with van der Waals surface area (Å²) < 4.78 is 0.0550. The van der Waals surface area contributed by atoms with Crippen LogP contribution >= 0.6 is 15.9 Å². The smallest absolute Gasteiger partial charge is 0.406 e. The molecule has 0 radical (unpaired) electrons. The minimum absolute atomic E-state index is 0.0550. The molecule has 60 valence electrons. The van der Waals surface area contributed by atoms with Crippen LogP contribution in [0, 0.1) is 10.1 Å². The molecule has 0 saturated carbocycles. The van der Waals surface area contributed by atoms with E-state index in [4.69, 9.17) is 5.11 Å². The number of rotatable bonds is 2. The molecule has 1 N–H and O–H groups in total. The maximum atomic E-state index is 10.1. The quantitative estimate of drug-likeness (QED) is 0.192. The summed E-state index contributed by atoms with van der Waals surface area (Å²) in [7, 11) is 0. The van der Waals surface area contributed by atoms with Crippen molar-refractivity contribution in [2.75, 3.05) is 0 Å². The Morgan fingerprint density at radius 2 is 2.09 bits per heavy atom. The Balaban J connectivity index is 4.75. The second-order valence-corrected chi connectivity index (χ2v) is 2.43. The third-order valence-corrected chi connectivity index (χ3v) is 0.836. The molecule has 0 rings (SSSR count). The van der Waals surface area contributed by atoms with Crippen LogP contribution in [0.5, 0.6) is 0 Å². The van der Waals surface area contributed by atoms with Crippen LogP contribution in [0.2, 0.25) is 0 Å². The van der Waals surface area contributed by atoms with Gasteiger partial charge in [-0.3, -0.25) is 0 Å². The Bertz CT molecular complexity index is 230. The van der Waals surface area contributed by atoms with Crippen molar-refractivity contribution < 1.29 is 10.0 Å².